The summed E-state index contributed by atoms with van der Waals surface area (Å²) in [5.41, 5.74) is 0.00921. The summed E-state index contributed by atoms with van der Waals surface area (Å²) in [6, 6.07) is 0. The summed E-state index contributed by atoms with van der Waals surface area (Å²) in [6.45, 7) is 0. The van der Waals surface area contributed by atoms with E-state index in [9.17, 15) is 4.79 Å². The van der Waals surface area contributed by atoms with Gasteiger partial charge in [-0.25, -0.2) is 9.78 Å². The van der Waals surface area contributed by atoms with E-state index in [0.29, 0.717) is 5.13 Å². The minimum Gasteiger partial charge on any atom is -0.476 e. The molecule has 13 heavy (non-hydrogen) atoms. The number of aromatic carboxylic acids is 1. The summed E-state index contributed by atoms with van der Waals surface area (Å²) in [4.78, 5) is 14.6. The van der Waals surface area contributed by atoms with E-state index in [1.54, 1.807) is 11.6 Å². The first-order valence-electron chi connectivity index (χ1n) is 3.33. The van der Waals surface area contributed by atoms with Crippen LogP contribution in [0.15, 0.2) is 17.8 Å². The average molecular weight is 196 g/mol. The van der Waals surface area contributed by atoms with E-state index >= 15 is 0 Å². The van der Waals surface area contributed by atoms with Crippen molar-refractivity contribution in [3.8, 4) is 5.13 Å². The fourth-order valence-corrected chi connectivity index (χ4v) is 1.44. The SMILES string of the molecule is O=C(O)c1cnnn1-c1nccs1. The molecule has 0 bridgehead atoms. The molecule has 0 radical (unpaired) electrons. The first-order chi connectivity index (χ1) is 6.29. The smallest absolute Gasteiger partial charge is 0.356 e. The van der Waals surface area contributed by atoms with Gasteiger partial charge in [-0.3, -0.25) is 0 Å². The molecule has 2 aromatic heterocycles. The maximum absolute atomic E-state index is 10.7. The lowest BCUT2D eigenvalue weighted by Gasteiger charge is -1.95. The molecule has 0 aliphatic rings. The number of nitrogens with zero attached hydrogens (tertiary/aromatic N) is 4. The van der Waals surface area contributed by atoms with E-state index in [0.717, 1.165) is 0 Å². The monoisotopic (exact) mass is 196 g/mol. The molecule has 0 spiro atoms. The topological polar surface area (TPSA) is 80.9 Å². The van der Waals surface area contributed by atoms with Gasteiger partial charge in [0, 0.05) is 11.6 Å². The van der Waals surface area contributed by atoms with Gasteiger partial charge < -0.3 is 5.11 Å². The first kappa shape index (κ1) is 7.87. The third-order valence-electron chi connectivity index (χ3n) is 1.37. The van der Waals surface area contributed by atoms with E-state index < -0.39 is 5.97 Å². The fourth-order valence-electron chi connectivity index (χ4n) is 0.843. The van der Waals surface area contributed by atoms with Crippen LogP contribution < -0.4 is 0 Å². The van der Waals surface area contributed by atoms with Crippen LogP contribution in [0.25, 0.3) is 5.13 Å². The molecular weight excluding hydrogens is 192 g/mol. The molecule has 0 aromatic carbocycles. The zero-order chi connectivity index (χ0) is 9.26. The number of hydrogen-bond donors (Lipinski definition) is 1. The van der Waals surface area contributed by atoms with Crippen LogP contribution in [0.1, 0.15) is 10.5 Å². The molecule has 2 rings (SSSR count). The van der Waals surface area contributed by atoms with Crippen LogP contribution in [0, 0.1) is 0 Å². The molecule has 66 valence electrons. The van der Waals surface area contributed by atoms with Crippen molar-refractivity contribution in [2.75, 3.05) is 0 Å². The van der Waals surface area contributed by atoms with Crippen molar-refractivity contribution < 1.29 is 9.90 Å². The molecule has 0 saturated heterocycles. The highest BCUT2D eigenvalue weighted by Gasteiger charge is 2.13. The van der Waals surface area contributed by atoms with Gasteiger partial charge in [-0.15, -0.1) is 16.4 Å². The van der Waals surface area contributed by atoms with Gasteiger partial charge in [0.1, 0.15) is 0 Å². The average Bonchev–Trinajstić information content (AvgIpc) is 2.74. The molecule has 2 aromatic rings. The van der Waals surface area contributed by atoms with Crippen LogP contribution in [0.3, 0.4) is 0 Å². The molecule has 0 amide bonds. The Bertz CT molecular complexity index is 422. The van der Waals surface area contributed by atoms with Crippen molar-refractivity contribution in [3.63, 3.8) is 0 Å². The molecule has 2 heterocycles. The Balaban J connectivity index is 2.52. The maximum Gasteiger partial charge on any atom is 0.356 e. The lowest BCUT2D eigenvalue weighted by atomic mass is 10.5. The maximum atomic E-state index is 10.7. The number of carboxylic acid groups (broad SMARTS) is 1. The van der Waals surface area contributed by atoms with Crippen LogP contribution in [-0.2, 0) is 0 Å². The molecule has 0 atom stereocenters. The zero-order valence-electron chi connectivity index (χ0n) is 6.28. The van der Waals surface area contributed by atoms with Crippen molar-refractivity contribution in [1.82, 2.24) is 20.0 Å². The van der Waals surface area contributed by atoms with Crippen molar-refractivity contribution >= 4 is 17.3 Å². The van der Waals surface area contributed by atoms with Crippen molar-refractivity contribution in [1.29, 1.82) is 0 Å². The predicted molar refractivity (Wildman–Crippen MR) is 44.0 cm³/mol. The Morgan fingerprint density at radius 3 is 3.08 bits per heavy atom. The standard InChI is InChI=1S/C6H4N4O2S/c11-5(12)4-3-8-9-10(4)6-7-1-2-13-6/h1-3H,(H,11,12). The largest absolute Gasteiger partial charge is 0.476 e. The minimum absolute atomic E-state index is 0.00921. The second-order valence-corrected chi connectivity index (χ2v) is 3.02. The molecule has 6 nitrogen and oxygen atoms in total. The summed E-state index contributed by atoms with van der Waals surface area (Å²) in [7, 11) is 0. The zero-order valence-corrected chi connectivity index (χ0v) is 7.10. The Hall–Kier alpha value is -1.76. The highest BCUT2D eigenvalue weighted by atomic mass is 32.1. The second-order valence-electron chi connectivity index (χ2n) is 2.15. The number of rotatable bonds is 2. The van der Waals surface area contributed by atoms with Gasteiger partial charge >= 0.3 is 5.97 Å². The van der Waals surface area contributed by atoms with Crippen LogP contribution >= 0.6 is 11.3 Å². The predicted octanol–water partition coefficient (Wildman–Crippen LogP) is 0.422. The molecule has 0 aliphatic heterocycles. The molecule has 1 N–H and O–H groups in total. The third kappa shape index (κ3) is 1.29. The highest BCUT2D eigenvalue weighted by molar-refractivity contribution is 7.12. The number of carboxylic acids is 1. The van der Waals surface area contributed by atoms with Gasteiger partial charge in [-0.1, -0.05) is 5.21 Å². The van der Waals surface area contributed by atoms with E-state index in [2.05, 4.69) is 15.3 Å². The van der Waals surface area contributed by atoms with Gasteiger partial charge in [0.15, 0.2) is 5.69 Å². The lowest BCUT2D eigenvalue weighted by Crippen LogP contribution is -2.07. The van der Waals surface area contributed by atoms with Gasteiger partial charge in [0.25, 0.3) is 0 Å². The van der Waals surface area contributed by atoms with Crippen molar-refractivity contribution in [3.05, 3.63) is 23.5 Å². The number of hydrogen-bond acceptors (Lipinski definition) is 5. The van der Waals surface area contributed by atoms with E-state index in [-0.39, 0.29) is 5.69 Å². The van der Waals surface area contributed by atoms with E-state index in [1.165, 1.54) is 22.2 Å². The summed E-state index contributed by atoms with van der Waals surface area (Å²) >= 11 is 1.30. The van der Waals surface area contributed by atoms with Crippen LogP contribution in [0.4, 0.5) is 0 Å². The van der Waals surface area contributed by atoms with Crippen LogP contribution in [0.5, 0.6) is 0 Å². The number of aromatic nitrogens is 4. The molecule has 0 aliphatic carbocycles. The molecule has 0 fully saturated rings. The number of carbonyl (C=O) groups is 1. The third-order valence-corrected chi connectivity index (χ3v) is 2.12. The van der Waals surface area contributed by atoms with Gasteiger partial charge in [0.2, 0.25) is 5.13 Å². The first-order valence-corrected chi connectivity index (χ1v) is 4.21. The lowest BCUT2D eigenvalue weighted by molar-refractivity contribution is 0.0687. The Kier molecular flexibility index (Phi) is 1.78. The molecule has 0 unspecified atom stereocenters. The molecule has 7 heteroatoms. The van der Waals surface area contributed by atoms with Gasteiger partial charge in [0.05, 0.1) is 6.20 Å². The quantitative estimate of drug-likeness (QED) is 0.752. The summed E-state index contributed by atoms with van der Waals surface area (Å²) in [5, 5.41) is 18.1. The Morgan fingerprint density at radius 1 is 1.62 bits per heavy atom. The van der Waals surface area contributed by atoms with Crippen LogP contribution in [0.2, 0.25) is 0 Å². The second kappa shape index (κ2) is 2.94. The van der Waals surface area contributed by atoms with E-state index in [1.807, 2.05) is 0 Å². The normalized spacial score (nSPS) is 10.2. The highest BCUT2D eigenvalue weighted by Crippen LogP contribution is 2.11. The Morgan fingerprint density at radius 2 is 2.46 bits per heavy atom. The Labute approximate surface area is 76.5 Å². The number of thiazole rings is 1. The molecular formula is C6H4N4O2S. The summed E-state index contributed by atoms with van der Waals surface area (Å²) in [5.74, 6) is -1.07. The summed E-state index contributed by atoms with van der Waals surface area (Å²) < 4.78 is 1.19. The fraction of sp³-hybridized carbons (Fsp3) is 0. The van der Waals surface area contributed by atoms with Gasteiger partial charge in [-0.2, -0.15) is 4.68 Å². The minimum atomic E-state index is -1.07. The van der Waals surface area contributed by atoms with Gasteiger partial charge in [-0.05, 0) is 0 Å². The van der Waals surface area contributed by atoms with Crippen molar-refractivity contribution in [2.24, 2.45) is 0 Å². The summed E-state index contributed by atoms with van der Waals surface area (Å²) in [6.07, 6.45) is 2.76. The van der Waals surface area contributed by atoms with E-state index in [4.69, 9.17) is 5.11 Å². The molecule has 0 saturated carbocycles. The van der Waals surface area contributed by atoms with Crippen molar-refractivity contribution in [2.45, 2.75) is 0 Å². The van der Waals surface area contributed by atoms with Crippen LogP contribution in [-0.4, -0.2) is 31.1 Å².